The topological polar surface area (TPSA) is 41.6 Å². The zero-order valence-corrected chi connectivity index (χ0v) is 16.4. The zero-order valence-electron chi connectivity index (χ0n) is 15.7. The molecule has 2 aliphatic rings. The van der Waals surface area contributed by atoms with Crippen molar-refractivity contribution in [2.45, 2.75) is 25.8 Å². The highest BCUT2D eigenvalue weighted by atomic mass is 35.5. The molecular weight excluding hydrogens is 379 g/mol. The molecule has 0 aromatic heterocycles. The van der Waals surface area contributed by atoms with Crippen LogP contribution in [0.2, 0.25) is 5.02 Å². The Bertz CT molecular complexity index is 860. The van der Waals surface area contributed by atoms with Crippen LogP contribution in [0.1, 0.15) is 24.8 Å². The molecule has 0 radical (unpaired) electrons. The fourth-order valence-electron chi connectivity index (χ4n) is 4.25. The molecule has 1 saturated heterocycles. The third-order valence-corrected chi connectivity index (χ3v) is 6.11. The van der Waals surface area contributed by atoms with Gasteiger partial charge in [-0.25, -0.2) is 4.39 Å². The van der Waals surface area contributed by atoms with E-state index in [1.54, 1.807) is 6.07 Å². The van der Waals surface area contributed by atoms with E-state index in [2.05, 4.69) is 16.3 Å². The Balaban J connectivity index is 1.46. The molecule has 148 valence electrons. The van der Waals surface area contributed by atoms with Crippen LogP contribution in [-0.2, 0) is 11.3 Å². The number of amides is 1. The predicted octanol–water partition coefficient (Wildman–Crippen LogP) is 4.73. The molecule has 0 spiro atoms. The summed E-state index contributed by atoms with van der Waals surface area (Å²) in [7, 11) is 0. The van der Waals surface area contributed by atoms with Crippen molar-refractivity contribution in [1.82, 2.24) is 4.90 Å². The monoisotopic (exact) mass is 402 g/mol. The van der Waals surface area contributed by atoms with Gasteiger partial charge < -0.3 is 10.1 Å². The van der Waals surface area contributed by atoms with Gasteiger partial charge >= 0.3 is 0 Å². The fourth-order valence-corrected chi connectivity index (χ4v) is 4.44. The molecule has 2 aliphatic heterocycles. The van der Waals surface area contributed by atoms with Crippen LogP contribution < -0.4 is 10.1 Å². The van der Waals surface area contributed by atoms with E-state index in [1.807, 2.05) is 18.2 Å². The Hall–Kier alpha value is -2.11. The molecule has 0 bridgehead atoms. The number of nitrogens with one attached hydrogen (secondary N) is 1. The summed E-state index contributed by atoms with van der Waals surface area (Å²) in [5.41, 5.74) is 1.55. The highest BCUT2D eigenvalue weighted by molar-refractivity contribution is 6.31. The van der Waals surface area contributed by atoms with E-state index in [-0.39, 0.29) is 11.7 Å². The second kappa shape index (κ2) is 8.50. The van der Waals surface area contributed by atoms with Crippen molar-refractivity contribution in [2.24, 2.45) is 11.8 Å². The van der Waals surface area contributed by atoms with Crippen molar-refractivity contribution in [3.63, 3.8) is 0 Å². The Labute approximate surface area is 169 Å². The number of halogens is 2. The van der Waals surface area contributed by atoms with Gasteiger partial charge in [0.2, 0.25) is 5.91 Å². The number of hydrogen-bond donors (Lipinski definition) is 1. The van der Waals surface area contributed by atoms with Crippen LogP contribution in [0.3, 0.4) is 0 Å². The van der Waals surface area contributed by atoms with Crippen LogP contribution in [0.25, 0.3) is 0 Å². The molecule has 2 atom stereocenters. The van der Waals surface area contributed by atoms with Crippen LogP contribution in [0.4, 0.5) is 10.1 Å². The molecule has 28 heavy (non-hydrogen) atoms. The van der Waals surface area contributed by atoms with E-state index in [1.165, 1.54) is 12.1 Å². The molecule has 6 heteroatoms. The van der Waals surface area contributed by atoms with Crippen LogP contribution >= 0.6 is 11.6 Å². The molecule has 0 aliphatic carbocycles. The quantitative estimate of drug-likeness (QED) is 0.789. The first kappa shape index (κ1) is 19.2. The summed E-state index contributed by atoms with van der Waals surface area (Å²) >= 11 is 6.32. The number of likely N-dealkylation sites (tertiary alicyclic amines) is 1. The second-order valence-corrected chi connectivity index (χ2v) is 8.07. The number of nitrogens with zero attached hydrogens (tertiary/aromatic N) is 1. The zero-order chi connectivity index (χ0) is 19.5. The first-order chi connectivity index (χ1) is 13.6. The summed E-state index contributed by atoms with van der Waals surface area (Å²) in [4.78, 5) is 14.9. The summed E-state index contributed by atoms with van der Waals surface area (Å²) in [6.45, 7) is 3.22. The number of carbonyl (C=O) groups excluding carboxylic acids is 1. The number of rotatable bonds is 2. The molecule has 1 fully saturated rings. The Morgan fingerprint density at radius 1 is 1.18 bits per heavy atom. The van der Waals surface area contributed by atoms with E-state index in [9.17, 15) is 9.18 Å². The minimum absolute atomic E-state index is 0.0769. The van der Waals surface area contributed by atoms with Crippen LogP contribution in [0.5, 0.6) is 5.75 Å². The van der Waals surface area contributed by atoms with E-state index in [0.29, 0.717) is 36.3 Å². The second-order valence-electron chi connectivity index (χ2n) is 7.67. The van der Waals surface area contributed by atoms with Crippen molar-refractivity contribution >= 4 is 23.2 Å². The van der Waals surface area contributed by atoms with Gasteiger partial charge in [0.25, 0.3) is 0 Å². The van der Waals surface area contributed by atoms with Gasteiger partial charge in [0.1, 0.15) is 11.6 Å². The maximum Gasteiger partial charge on any atom is 0.224 e. The lowest BCUT2D eigenvalue weighted by Gasteiger charge is -2.39. The number of hydrogen-bond acceptors (Lipinski definition) is 3. The smallest absolute Gasteiger partial charge is 0.224 e. The summed E-state index contributed by atoms with van der Waals surface area (Å²) in [5, 5.41) is 3.62. The van der Waals surface area contributed by atoms with E-state index in [0.717, 1.165) is 43.1 Å². The van der Waals surface area contributed by atoms with Crippen LogP contribution in [0.15, 0.2) is 42.5 Å². The average molecular weight is 403 g/mol. The van der Waals surface area contributed by atoms with E-state index < -0.39 is 0 Å². The third kappa shape index (κ3) is 4.47. The highest BCUT2D eigenvalue weighted by Crippen LogP contribution is 2.34. The first-order valence-electron chi connectivity index (χ1n) is 9.76. The molecule has 2 aromatic rings. The van der Waals surface area contributed by atoms with Gasteiger partial charge in [-0.3, -0.25) is 9.69 Å². The minimum atomic E-state index is -0.384. The molecule has 0 saturated carbocycles. The number of carbonyl (C=O) groups is 1. The Kier molecular flexibility index (Phi) is 5.83. The summed E-state index contributed by atoms with van der Waals surface area (Å²) < 4.78 is 19.4. The molecular formula is C22H24ClFN2O2. The molecule has 0 unspecified atom stereocenters. The largest absolute Gasteiger partial charge is 0.491 e. The number of fused-ring (bicyclic) bond motifs is 2. The average Bonchev–Trinajstić information content (AvgIpc) is 2.67. The third-order valence-electron chi connectivity index (χ3n) is 5.74. The summed E-state index contributed by atoms with van der Waals surface area (Å²) in [5.74, 6) is 0.750. The van der Waals surface area contributed by atoms with Crippen molar-refractivity contribution in [3.05, 3.63) is 58.9 Å². The predicted molar refractivity (Wildman–Crippen MR) is 108 cm³/mol. The standard InChI is InChI=1S/C22H24ClFN2O2/c23-19-4-2-1-3-17(19)14-26-9-7-15-11-22(27)25-20-12-18(24)5-6-21(20)28-10-8-16(15)13-26/h1-6,12,15-16H,7-11,13-14H2,(H,25,27)/t15-,16-/m0/s1. The maximum absolute atomic E-state index is 13.5. The molecule has 2 aromatic carbocycles. The van der Waals surface area contributed by atoms with Crippen LogP contribution in [0, 0.1) is 17.7 Å². The van der Waals surface area contributed by atoms with Gasteiger partial charge in [0.15, 0.2) is 0 Å². The maximum atomic E-state index is 13.5. The van der Waals surface area contributed by atoms with Gasteiger partial charge in [-0.15, -0.1) is 0 Å². The molecule has 4 rings (SSSR count). The summed E-state index contributed by atoms with van der Waals surface area (Å²) in [6, 6.07) is 12.2. The lowest BCUT2D eigenvalue weighted by Crippen LogP contribution is -2.42. The van der Waals surface area contributed by atoms with Crippen LogP contribution in [-0.4, -0.2) is 30.5 Å². The molecule has 1 amide bonds. The van der Waals surface area contributed by atoms with E-state index >= 15 is 0 Å². The number of piperidine rings is 1. The normalized spacial score (nSPS) is 23.1. The number of benzene rings is 2. The molecule has 1 N–H and O–H groups in total. The van der Waals surface area contributed by atoms with Gasteiger partial charge in [-0.05, 0) is 55.0 Å². The van der Waals surface area contributed by atoms with Crippen molar-refractivity contribution in [1.29, 1.82) is 0 Å². The van der Waals surface area contributed by atoms with Crippen molar-refractivity contribution in [2.75, 3.05) is 25.0 Å². The Morgan fingerprint density at radius 3 is 2.89 bits per heavy atom. The lowest BCUT2D eigenvalue weighted by atomic mass is 9.81. The lowest BCUT2D eigenvalue weighted by molar-refractivity contribution is -0.118. The Morgan fingerprint density at radius 2 is 2.04 bits per heavy atom. The SMILES string of the molecule is O=C1C[C@@H]2CCN(Cc3ccccc3Cl)C[C@@H]2CCOc2ccc(F)cc2N1. The van der Waals surface area contributed by atoms with Gasteiger partial charge in [-0.1, -0.05) is 29.8 Å². The molecule has 4 nitrogen and oxygen atoms in total. The van der Waals surface area contributed by atoms with E-state index in [4.69, 9.17) is 16.3 Å². The highest BCUT2D eigenvalue weighted by Gasteiger charge is 2.31. The number of anilines is 1. The minimum Gasteiger partial charge on any atom is -0.491 e. The van der Waals surface area contributed by atoms with Gasteiger partial charge in [0.05, 0.1) is 12.3 Å². The first-order valence-corrected chi connectivity index (χ1v) is 10.1. The van der Waals surface area contributed by atoms with Gasteiger partial charge in [-0.2, -0.15) is 0 Å². The molecule has 2 heterocycles. The van der Waals surface area contributed by atoms with Gasteiger partial charge in [0, 0.05) is 30.6 Å². The van der Waals surface area contributed by atoms with Crippen molar-refractivity contribution in [3.8, 4) is 5.75 Å². The fraction of sp³-hybridized carbons (Fsp3) is 0.409. The summed E-state index contributed by atoms with van der Waals surface area (Å²) in [6.07, 6.45) is 2.28. The number of ether oxygens (including phenoxy) is 1. The van der Waals surface area contributed by atoms with Crippen molar-refractivity contribution < 1.29 is 13.9 Å².